The zero-order valence-corrected chi connectivity index (χ0v) is 13.8. The molecular weight excluding hydrogens is 302 g/mol. The first-order chi connectivity index (χ1) is 10.4. The van der Waals surface area contributed by atoms with Crippen LogP contribution in [0.25, 0.3) is 0 Å². The predicted molar refractivity (Wildman–Crippen MR) is 86.3 cm³/mol. The number of para-hydroxylation sites is 2. The molecule has 0 amide bonds. The summed E-state index contributed by atoms with van der Waals surface area (Å²) in [6.07, 6.45) is 0. The van der Waals surface area contributed by atoms with Crippen LogP contribution in [0.2, 0.25) is 0 Å². The van der Waals surface area contributed by atoms with Crippen molar-refractivity contribution >= 4 is 15.7 Å². The maximum atomic E-state index is 12.8. The van der Waals surface area contributed by atoms with E-state index in [1.165, 1.54) is 24.5 Å². The molecule has 2 aromatic rings. The third-order valence-corrected chi connectivity index (χ3v) is 5.22. The van der Waals surface area contributed by atoms with Crippen molar-refractivity contribution < 1.29 is 17.9 Å². The number of anilines is 1. The van der Waals surface area contributed by atoms with Crippen molar-refractivity contribution in [3.63, 3.8) is 0 Å². The first-order valence-electron chi connectivity index (χ1n) is 6.68. The van der Waals surface area contributed by atoms with Crippen LogP contribution in [0.5, 0.6) is 11.5 Å². The van der Waals surface area contributed by atoms with Gasteiger partial charge in [0.2, 0.25) is 0 Å². The molecule has 2 aromatic carbocycles. The highest BCUT2D eigenvalue weighted by Gasteiger charge is 2.24. The lowest BCUT2D eigenvalue weighted by atomic mass is 10.2. The number of hydrogen-bond acceptors (Lipinski definition) is 4. The van der Waals surface area contributed by atoms with E-state index in [0.29, 0.717) is 17.2 Å². The van der Waals surface area contributed by atoms with Gasteiger partial charge in [-0.05, 0) is 42.8 Å². The summed E-state index contributed by atoms with van der Waals surface area (Å²) in [5.41, 5.74) is 1.25. The SMILES string of the molecule is COc1ccc(S(=O)(=O)N(C)c2ccccc2OC)cc1C. The van der Waals surface area contributed by atoms with Gasteiger partial charge < -0.3 is 9.47 Å². The molecule has 5 nitrogen and oxygen atoms in total. The fourth-order valence-electron chi connectivity index (χ4n) is 2.19. The summed E-state index contributed by atoms with van der Waals surface area (Å²) in [5, 5.41) is 0. The standard InChI is InChI=1S/C16H19NO4S/c1-12-11-13(9-10-15(12)20-3)22(18,19)17(2)14-7-5-6-8-16(14)21-4/h5-11H,1-4H3. The van der Waals surface area contributed by atoms with E-state index in [9.17, 15) is 8.42 Å². The van der Waals surface area contributed by atoms with Crippen molar-refractivity contribution in [3.8, 4) is 11.5 Å². The Morgan fingerprint density at radius 2 is 1.59 bits per heavy atom. The maximum absolute atomic E-state index is 12.8. The quantitative estimate of drug-likeness (QED) is 0.850. The highest BCUT2D eigenvalue weighted by atomic mass is 32.2. The summed E-state index contributed by atoms with van der Waals surface area (Å²) in [5.74, 6) is 1.15. The van der Waals surface area contributed by atoms with Gasteiger partial charge in [0.25, 0.3) is 10.0 Å². The van der Waals surface area contributed by atoms with Crippen LogP contribution in [0.15, 0.2) is 47.4 Å². The van der Waals surface area contributed by atoms with Crippen LogP contribution in [0.3, 0.4) is 0 Å². The Bertz CT molecular complexity index is 771. The first-order valence-corrected chi connectivity index (χ1v) is 8.12. The van der Waals surface area contributed by atoms with E-state index in [2.05, 4.69) is 0 Å². The van der Waals surface area contributed by atoms with Gasteiger partial charge in [0, 0.05) is 7.05 Å². The van der Waals surface area contributed by atoms with Crippen molar-refractivity contribution in [2.45, 2.75) is 11.8 Å². The lowest BCUT2D eigenvalue weighted by Crippen LogP contribution is -2.27. The van der Waals surface area contributed by atoms with Crippen LogP contribution in [0.1, 0.15) is 5.56 Å². The van der Waals surface area contributed by atoms with Crippen LogP contribution in [-0.2, 0) is 10.0 Å². The zero-order chi connectivity index (χ0) is 16.3. The molecule has 0 aromatic heterocycles. The molecule has 0 spiro atoms. The molecule has 0 fully saturated rings. The minimum atomic E-state index is -3.67. The molecule has 118 valence electrons. The van der Waals surface area contributed by atoms with E-state index >= 15 is 0 Å². The Labute approximate surface area is 131 Å². The summed E-state index contributed by atoms with van der Waals surface area (Å²) in [7, 11) is 0.896. The van der Waals surface area contributed by atoms with Gasteiger partial charge in [0.1, 0.15) is 11.5 Å². The molecule has 0 heterocycles. The fourth-order valence-corrected chi connectivity index (χ4v) is 3.48. The molecule has 0 unspecified atom stereocenters. The van der Waals surface area contributed by atoms with Gasteiger partial charge >= 0.3 is 0 Å². The molecule has 0 saturated heterocycles. The van der Waals surface area contributed by atoms with Crippen molar-refractivity contribution in [2.75, 3.05) is 25.6 Å². The van der Waals surface area contributed by atoms with Gasteiger partial charge in [-0.15, -0.1) is 0 Å². The Morgan fingerprint density at radius 3 is 2.18 bits per heavy atom. The summed E-state index contributed by atoms with van der Waals surface area (Å²) in [4.78, 5) is 0.208. The second kappa shape index (κ2) is 6.27. The van der Waals surface area contributed by atoms with Gasteiger partial charge in [0.05, 0.1) is 24.8 Å². The van der Waals surface area contributed by atoms with E-state index in [1.54, 1.807) is 50.4 Å². The molecule has 0 aliphatic carbocycles. The monoisotopic (exact) mass is 321 g/mol. The third kappa shape index (κ3) is 2.87. The molecule has 0 aliphatic rings. The van der Waals surface area contributed by atoms with Gasteiger partial charge in [-0.1, -0.05) is 12.1 Å². The molecule has 0 radical (unpaired) electrons. The van der Waals surface area contributed by atoms with Crippen LogP contribution >= 0.6 is 0 Å². The summed E-state index contributed by atoms with van der Waals surface area (Å²) in [6, 6.07) is 11.8. The van der Waals surface area contributed by atoms with Crippen LogP contribution in [0, 0.1) is 6.92 Å². The van der Waals surface area contributed by atoms with Crippen LogP contribution in [0.4, 0.5) is 5.69 Å². The van der Waals surface area contributed by atoms with E-state index < -0.39 is 10.0 Å². The molecule has 0 atom stereocenters. The highest BCUT2D eigenvalue weighted by Crippen LogP contribution is 2.31. The highest BCUT2D eigenvalue weighted by molar-refractivity contribution is 7.92. The Balaban J connectivity index is 2.47. The number of methoxy groups -OCH3 is 2. The third-order valence-electron chi connectivity index (χ3n) is 3.45. The molecule has 0 N–H and O–H groups in total. The van der Waals surface area contributed by atoms with Gasteiger partial charge in [0.15, 0.2) is 0 Å². The summed E-state index contributed by atoms with van der Waals surface area (Å²) >= 11 is 0. The molecule has 2 rings (SSSR count). The molecule has 0 aliphatic heterocycles. The number of aryl methyl sites for hydroxylation is 1. The van der Waals surface area contributed by atoms with E-state index in [0.717, 1.165) is 5.56 Å². The number of hydrogen-bond donors (Lipinski definition) is 0. The minimum absolute atomic E-state index is 0.208. The van der Waals surface area contributed by atoms with Crippen molar-refractivity contribution in [3.05, 3.63) is 48.0 Å². The molecular formula is C16H19NO4S. The molecule has 6 heteroatoms. The van der Waals surface area contributed by atoms with Gasteiger partial charge in [-0.25, -0.2) is 8.42 Å². The lowest BCUT2D eigenvalue weighted by molar-refractivity contribution is 0.411. The average Bonchev–Trinajstić information content (AvgIpc) is 2.53. The predicted octanol–water partition coefficient (Wildman–Crippen LogP) is 2.84. The van der Waals surface area contributed by atoms with Crippen LogP contribution in [-0.4, -0.2) is 29.7 Å². The molecule has 0 saturated carbocycles. The second-order valence-electron chi connectivity index (χ2n) is 4.78. The number of nitrogens with zero attached hydrogens (tertiary/aromatic N) is 1. The molecule has 0 bridgehead atoms. The average molecular weight is 321 g/mol. The van der Waals surface area contributed by atoms with Crippen molar-refractivity contribution in [1.82, 2.24) is 0 Å². The maximum Gasteiger partial charge on any atom is 0.264 e. The summed E-state index contributed by atoms with van der Waals surface area (Å²) in [6.45, 7) is 1.81. The second-order valence-corrected chi connectivity index (χ2v) is 6.75. The van der Waals surface area contributed by atoms with Crippen molar-refractivity contribution in [2.24, 2.45) is 0 Å². The normalized spacial score (nSPS) is 11.1. The number of rotatable bonds is 5. The summed E-state index contributed by atoms with van der Waals surface area (Å²) < 4.78 is 37.2. The van der Waals surface area contributed by atoms with Gasteiger partial charge in [-0.2, -0.15) is 0 Å². The number of benzene rings is 2. The molecule has 22 heavy (non-hydrogen) atoms. The van der Waals surface area contributed by atoms with E-state index in [1.807, 2.05) is 0 Å². The zero-order valence-electron chi connectivity index (χ0n) is 13.0. The first kappa shape index (κ1) is 16.2. The largest absolute Gasteiger partial charge is 0.496 e. The Morgan fingerprint density at radius 1 is 0.955 bits per heavy atom. The van der Waals surface area contributed by atoms with E-state index in [-0.39, 0.29) is 4.90 Å². The smallest absolute Gasteiger partial charge is 0.264 e. The van der Waals surface area contributed by atoms with Crippen molar-refractivity contribution in [1.29, 1.82) is 0 Å². The topological polar surface area (TPSA) is 55.8 Å². The Kier molecular flexibility index (Phi) is 4.61. The van der Waals surface area contributed by atoms with E-state index in [4.69, 9.17) is 9.47 Å². The lowest BCUT2D eigenvalue weighted by Gasteiger charge is -2.22. The Hall–Kier alpha value is -2.21. The van der Waals surface area contributed by atoms with Gasteiger partial charge in [-0.3, -0.25) is 4.31 Å². The fraction of sp³-hybridized carbons (Fsp3) is 0.250. The van der Waals surface area contributed by atoms with Crippen LogP contribution < -0.4 is 13.8 Å². The minimum Gasteiger partial charge on any atom is -0.496 e. The number of ether oxygens (including phenoxy) is 2. The number of sulfonamides is 1.